The molecule has 0 N–H and O–H groups in total. The summed E-state index contributed by atoms with van der Waals surface area (Å²) >= 11 is 1.10. The fourth-order valence-corrected chi connectivity index (χ4v) is 3.14. The van der Waals surface area contributed by atoms with E-state index in [0.29, 0.717) is 30.8 Å². The molecule has 2 rings (SSSR count). The summed E-state index contributed by atoms with van der Waals surface area (Å²) in [5.41, 5.74) is -4.70. The van der Waals surface area contributed by atoms with Crippen molar-refractivity contribution in [2.45, 2.75) is 37.5 Å². The van der Waals surface area contributed by atoms with E-state index in [1.807, 2.05) is 13.8 Å². The van der Waals surface area contributed by atoms with Crippen molar-refractivity contribution in [3.05, 3.63) is 17.2 Å². The van der Waals surface area contributed by atoms with Gasteiger partial charge in [0, 0.05) is 25.2 Å². The topological polar surface area (TPSA) is 72.4 Å². The quantitative estimate of drug-likeness (QED) is 0.334. The Morgan fingerprint density at radius 2 is 2.00 bits per heavy atom. The van der Waals surface area contributed by atoms with Crippen LogP contribution in [-0.2, 0) is 23.1 Å². The third-order valence-corrected chi connectivity index (χ3v) is 4.77. The smallest absolute Gasteiger partial charge is 0.355 e. The standard InChI is InChI=1S/C13H17F3N3O3S2/c1-8(2)6-19-5-4-9-10(7-19)17-12(23-3)18-11(9)22-24(20,21)13(14,15)16/h4-7H2,1-3H3. The van der Waals surface area contributed by atoms with Gasteiger partial charge < -0.3 is 4.18 Å². The average molecular weight is 384 g/mol. The van der Waals surface area contributed by atoms with Crippen LogP contribution in [0.15, 0.2) is 5.16 Å². The van der Waals surface area contributed by atoms with Gasteiger partial charge in [0.25, 0.3) is 0 Å². The minimum atomic E-state index is -5.76. The second-order valence-electron chi connectivity index (χ2n) is 5.59. The minimum absolute atomic E-state index is 0.167. The molecule has 2 heterocycles. The Hall–Kier alpha value is -1.07. The molecule has 0 aliphatic carbocycles. The molecule has 0 atom stereocenters. The van der Waals surface area contributed by atoms with Crippen molar-refractivity contribution >= 4 is 21.9 Å². The van der Waals surface area contributed by atoms with Crippen molar-refractivity contribution in [1.82, 2.24) is 14.9 Å². The van der Waals surface area contributed by atoms with Crippen molar-refractivity contribution in [2.24, 2.45) is 0 Å². The van der Waals surface area contributed by atoms with Crippen LogP contribution < -0.4 is 4.18 Å². The first kappa shape index (κ1) is 19.3. The Kier molecular flexibility index (Phi) is 5.65. The zero-order valence-electron chi connectivity index (χ0n) is 13.3. The first-order chi connectivity index (χ1) is 11.0. The Morgan fingerprint density at radius 1 is 1.33 bits per heavy atom. The highest BCUT2D eigenvalue weighted by Gasteiger charge is 2.49. The van der Waals surface area contributed by atoms with Gasteiger partial charge in [-0.3, -0.25) is 4.90 Å². The van der Waals surface area contributed by atoms with E-state index in [2.05, 4.69) is 19.1 Å². The second kappa shape index (κ2) is 7.04. The molecule has 0 amide bonds. The third-order valence-electron chi connectivity index (χ3n) is 3.28. The van der Waals surface area contributed by atoms with Crippen LogP contribution in [0, 0.1) is 5.92 Å². The number of nitrogens with zero attached hydrogens (tertiary/aromatic N) is 3. The van der Waals surface area contributed by atoms with Gasteiger partial charge in [0.05, 0.1) is 5.69 Å². The monoisotopic (exact) mass is 384 g/mol. The second-order valence-corrected chi connectivity index (χ2v) is 7.90. The summed E-state index contributed by atoms with van der Waals surface area (Å²) in [7, 11) is -5.76. The van der Waals surface area contributed by atoms with Crippen LogP contribution in [0.3, 0.4) is 0 Å². The largest absolute Gasteiger partial charge is 0.534 e. The highest BCUT2D eigenvalue weighted by Crippen LogP contribution is 2.32. The normalized spacial score (nSPS) is 16.3. The third kappa shape index (κ3) is 4.31. The molecule has 1 radical (unpaired) electrons. The Morgan fingerprint density at radius 3 is 2.54 bits per heavy atom. The fraction of sp³-hybridized carbons (Fsp3) is 0.615. The summed E-state index contributed by atoms with van der Waals surface area (Å²) in [6.07, 6.45) is 1.97. The minimum Gasteiger partial charge on any atom is -0.355 e. The number of hydrogen-bond acceptors (Lipinski definition) is 7. The van der Waals surface area contributed by atoms with E-state index in [9.17, 15) is 21.6 Å². The molecule has 0 saturated heterocycles. The first-order valence-corrected chi connectivity index (χ1v) is 9.62. The van der Waals surface area contributed by atoms with E-state index < -0.39 is 21.5 Å². The predicted molar refractivity (Wildman–Crippen MR) is 83.0 cm³/mol. The van der Waals surface area contributed by atoms with Crippen LogP contribution >= 0.6 is 11.8 Å². The highest BCUT2D eigenvalue weighted by molar-refractivity contribution is 7.98. The molecular formula is C13H17F3N3O3S2. The molecule has 0 aromatic carbocycles. The molecule has 0 fully saturated rings. The van der Waals surface area contributed by atoms with Gasteiger partial charge in [0.1, 0.15) is 0 Å². The number of thioether (sulfide) groups is 1. The van der Waals surface area contributed by atoms with Gasteiger partial charge in [-0.25, -0.2) is 4.98 Å². The molecule has 6 nitrogen and oxygen atoms in total. The van der Waals surface area contributed by atoms with Gasteiger partial charge in [0.2, 0.25) is 5.88 Å². The van der Waals surface area contributed by atoms with Crippen LogP contribution in [0.4, 0.5) is 13.2 Å². The molecule has 1 aromatic heterocycles. The summed E-state index contributed by atoms with van der Waals surface area (Å²) in [4.78, 5) is 10.2. The molecule has 0 saturated carbocycles. The van der Waals surface area contributed by atoms with Crippen molar-refractivity contribution < 1.29 is 25.8 Å². The summed E-state index contributed by atoms with van der Waals surface area (Å²) in [6, 6.07) is 0. The van der Waals surface area contributed by atoms with Gasteiger partial charge >= 0.3 is 15.6 Å². The highest BCUT2D eigenvalue weighted by atomic mass is 32.2. The number of aromatic nitrogens is 2. The van der Waals surface area contributed by atoms with Crippen molar-refractivity contribution in [3.63, 3.8) is 0 Å². The molecule has 0 unspecified atom stereocenters. The zero-order chi connectivity index (χ0) is 18.1. The zero-order valence-corrected chi connectivity index (χ0v) is 15.0. The van der Waals surface area contributed by atoms with Gasteiger partial charge in [-0.15, -0.1) is 0 Å². The SMILES string of the molecule is CSc1nc2c(c(OS(=O)(=O)C(F)(F)F)n1)CCN(C[C](C)C)C2. The number of halogens is 3. The van der Waals surface area contributed by atoms with Crippen LogP contribution in [-0.4, -0.2) is 48.1 Å². The molecular weight excluding hydrogens is 367 g/mol. The maximum Gasteiger partial charge on any atom is 0.534 e. The molecule has 11 heteroatoms. The van der Waals surface area contributed by atoms with Crippen LogP contribution in [0.25, 0.3) is 0 Å². The number of rotatable bonds is 5. The van der Waals surface area contributed by atoms with Gasteiger partial charge in [-0.05, 0) is 18.6 Å². The van der Waals surface area contributed by atoms with E-state index >= 15 is 0 Å². The number of fused-ring (bicyclic) bond motifs is 1. The Balaban J connectivity index is 2.37. The summed E-state index contributed by atoms with van der Waals surface area (Å²) in [5, 5.41) is 0.167. The van der Waals surface area contributed by atoms with E-state index in [0.717, 1.165) is 18.3 Å². The van der Waals surface area contributed by atoms with E-state index in [1.54, 1.807) is 6.26 Å². The Labute approximate surface area is 142 Å². The first-order valence-electron chi connectivity index (χ1n) is 6.99. The molecule has 0 spiro atoms. The summed E-state index contributed by atoms with van der Waals surface area (Å²) in [5.74, 6) is 0.659. The van der Waals surface area contributed by atoms with Gasteiger partial charge in [-0.2, -0.15) is 26.6 Å². The molecule has 24 heavy (non-hydrogen) atoms. The number of hydrogen-bond donors (Lipinski definition) is 0. The molecule has 135 valence electrons. The lowest BCUT2D eigenvalue weighted by Gasteiger charge is -2.29. The fourth-order valence-electron chi connectivity index (χ4n) is 2.32. The van der Waals surface area contributed by atoms with Crippen molar-refractivity contribution in [1.29, 1.82) is 0 Å². The summed E-state index contributed by atoms with van der Waals surface area (Å²) in [6.45, 7) is 5.65. The lowest BCUT2D eigenvalue weighted by molar-refractivity contribution is -0.0502. The molecule has 1 aliphatic heterocycles. The van der Waals surface area contributed by atoms with E-state index in [1.165, 1.54) is 5.92 Å². The van der Waals surface area contributed by atoms with Crippen LogP contribution in [0.5, 0.6) is 5.88 Å². The maximum atomic E-state index is 12.6. The van der Waals surface area contributed by atoms with Gasteiger partial charge in [-0.1, -0.05) is 25.6 Å². The maximum absolute atomic E-state index is 12.6. The van der Waals surface area contributed by atoms with Crippen molar-refractivity contribution in [2.75, 3.05) is 19.3 Å². The molecule has 1 aliphatic rings. The molecule has 0 bridgehead atoms. The van der Waals surface area contributed by atoms with Gasteiger partial charge in [0.15, 0.2) is 5.16 Å². The summed E-state index contributed by atoms with van der Waals surface area (Å²) < 4.78 is 64.6. The van der Waals surface area contributed by atoms with Crippen LogP contribution in [0.2, 0.25) is 0 Å². The lowest BCUT2D eigenvalue weighted by atomic mass is 10.0. The number of alkyl halides is 3. The average Bonchev–Trinajstić information content (AvgIpc) is 2.44. The Bertz CT molecular complexity index is 708. The lowest BCUT2D eigenvalue weighted by Crippen LogP contribution is -2.35. The van der Waals surface area contributed by atoms with Crippen LogP contribution in [0.1, 0.15) is 25.1 Å². The van der Waals surface area contributed by atoms with Crippen molar-refractivity contribution in [3.8, 4) is 5.88 Å². The molecule has 1 aromatic rings. The van der Waals surface area contributed by atoms with E-state index in [-0.39, 0.29) is 5.16 Å². The predicted octanol–water partition coefficient (Wildman–Crippen LogP) is 2.40. The van der Waals surface area contributed by atoms with E-state index in [4.69, 9.17) is 0 Å².